The van der Waals surface area contributed by atoms with Gasteiger partial charge >= 0.3 is 11.9 Å². The smallest absolute Gasteiger partial charge is 0.338 e. The molecule has 4 rings (SSSR count). The number of rotatable bonds is 7. The Labute approximate surface area is 254 Å². The first-order chi connectivity index (χ1) is 19.2. The van der Waals surface area contributed by atoms with Gasteiger partial charge in [-0.1, -0.05) is 31.9 Å². The van der Waals surface area contributed by atoms with E-state index in [2.05, 4.69) is 55.1 Å². The maximum atomic E-state index is 11.9. The largest absolute Gasteiger partial charge is 0.465 e. The van der Waals surface area contributed by atoms with Crippen molar-refractivity contribution in [2.75, 3.05) is 57.4 Å². The summed E-state index contributed by atoms with van der Waals surface area (Å²) >= 11 is 6.94. The van der Waals surface area contributed by atoms with Gasteiger partial charge in [0.15, 0.2) is 0 Å². The van der Waals surface area contributed by atoms with Crippen LogP contribution < -0.4 is 10.2 Å². The zero-order valence-electron chi connectivity index (χ0n) is 24.0. The van der Waals surface area contributed by atoms with Gasteiger partial charge in [0.1, 0.15) is 0 Å². The third-order valence-electron chi connectivity index (χ3n) is 7.39. The SMILES string of the molecule is CCN(c1cc(Br)cc(C(=O)OC)c1C)C1CCOCC1.COC(=O)c1cc(Br)cc(NC2CCOCC2)c1C. The Morgan fingerprint density at radius 3 is 1.88 bits per heavy atom. The lowest BCUT2D eigenvalue weighted by Gasteiger charge is -2.36. The van der Waals surface area contributed by atoms with Crippen LogP contribution in [0.1, 0.15) is 64.4 Å². The van der Waals surface area contributed by atoms with Gasteiger partial charge in [-0.3, -0.25) is 0 Å². The molecule has 40 heavy (non-hydrogen) atoms. The Bertz CT molecular complexity index is 1160. The van der Waals surface area contributed by atoms with Gasteiger partial charge < -0.3 is 29.2 Å². The average Bonchev–Trinajstić information content (AvgIpc) is 2.97. The molecule has 0 spiro atoms. The molecule has 0 unspecified atom stereocenters. The van der Waals surface area contributed by atoms with Crippen LogP contribution in [0.3, 0.4) is 0 Å². The average molecular weight is 684 g/mol. The lowest BCUT2D eigenvalue weighted by molar-refractivity contribution is 0.0591. The first-order valence-corrected chi connectivity index (χ1v) is 15.2. The summed E-state index contributed by atoms with van der Waals surface area (Å²) in [6.45, 7) is 10.1. The summed E-state index contributed by atoms with van der Waals surface area (Å²) < 4.78 is 22.3. The molecule has 0 aromatic heterocycles. The zero-order chi connectivity index (χ0) is 29.2. The summed E-state index contributed by atoms with van der Waals surface area (Å²) in [5.41, 5.74) is 5.17. The van der Waals surface area contributed by atoms with Gasteiger partial charge in [-0.05, 0) is 81.8 Å². The molecule has 8 nitrogen and oxygen atoms in total. The minimum absolute atomic E-state index is 0.293. The Kier molecular flexibility index (Phi) is 12.7. The number of carbonyl (C=O) groups excluding carboxylic acids is 2. The van der Waals surface area contributed by atoms with Gasteiger partial charge in [-0.25, -0.2) is 9.59 Å². The third-order valence-corrected chi connectivity index (χ3v) is 8.31. The molecule has 0 bridgehead atoms. The number of methoxy groups -OCH3 is 2. The second-order valence-electron chi connectivity index (χ2n) is 9.87. The van der Waals surface area contributed by atoms with Gasteiger partial charge in [0.05, 0.1) is 25.3 Å². The van der Waals surface area contributed by atoms with Crippen molar-refractivity contribution in [3.05, 3.63) is 55.5 Å². The summed E-state index contributed by atoms with van der Waals surface area (Å²) in [6, 6.07) is 8.55. The molecule has 0 atom stereocenters. The normalized spacial score (nSPS) is 16.0. The van der Waals surface area contributed by atoms with Crippen LogP contribution >= 0.6 is 31.9 Å². The van der Waals surface area contributed by atoms with Crippen LogP contribution in [0.25, 0.3) is 0 Å². The highest BCUT2D eigenvalue weighted by molar-refractivity contribution is 9.10. The van der Waals surface area contributed by atoms with Crippen molar-refractivity contribution < 1.29 is 28.5 Å². The van der Waals surface area contributed by atoms with Crippen molar-refractivity contribution in [2.45, 2.75) is 58.5 Å². The molecule has 0 radical (unpaired) electrons. The fraction of sp³-hybridized carbons (Fsp3) is 0.533. The van der Waals surface area contributed by atoms with Crippen LogP contribution in [0.2, 0.25) is 0 Å². The van der Waals surface area contributed by atoms with Crippen molar-refractivity contribution in [1.29, 1.82) is 0 Å². The molecule has 2 aliphatic rings. The van der Waals surface area contributed by atoms with Crippen LogP contribution in [0.15, 0.2) is 33.2 Å². The zero-order valence-corrected chi connectivity index (χ0v) is 27.2. The number of hydrogen-bond acceptors (Lipinski definition) is 8. The fourth-order valence-corrected chi connectivity index (χ4v) is 6.02. The van der Waals surface area contributed by atoms with Gasteiger partial charge in [0, 0.05) is 65.4 Å². The molecule has 1 N–H and O–H groups in total. The predicted octanol–water partition coefficient (Wildman–Crippen LogP) is 6.68. The van der Waals surface area contributed by atoms with Crippen LogP contribution in [0.4, 0.5) is 11.4 Å². The molecule has 2 aromatic rings. The highest BCUT2D eigenvalue weighted by Gasteiger charge is 2.24. The molecular weight excluding hydrogens is 644 g/mol. The molecule has 10 heteroatoms. The molecule has 2 fully saturated rings. The summed E-state index contributed by atoms with van der Waals surface area (Å²) in [6.07, 6.45) is 4.01. The van der Waals surface area contributed by atoms with E-state index in [-0.39, 0.29) is 11.9 Å². The molecule has 2 heterocycles. The van der Waals surface area contributed by atoms with E-state index in [9.17, 15) is 9.59 Å². The minimum atomic E-state index is -0.311. The molecule has 220 valence electrons. The van der Waals surface area contributed by atoms with E-state index in [4.69, 9.17) is 18.9 Å². The van der Waals surface area contributed by atoms with Crippen molar-refractivity contribution in [2.24, 2.45) is 0 Å². The van der Waals surface area contributed by atoms with Crippen molar-refractivity contribution >= 4 is 55.2 Å². The maximum absolute atomic E-state index is 11.9. The summed E-state index contributed by atoms with van der Waals surface area (Å²) in [7, 11) is 2.81. The van der Waals surface area contributed by atoms with Crippen molar-refractivity contribution in [1.82, 2.24) is 0 Å². The van der Waals surface area contributed by atoms with E-state index < -0.39 is 0 Å². The van der Waals surface area contributed by atoms with Gasteiger partial charge in [0.2, 0.25) is 0 Å². The Morgan fingerprint density at radius 2 is 1.35 bits per heavy atom. The van der Waals surface area contributed by atoms with E-state index >= 15 is 0 Å². The van der Waals surface area contributed by atoms with E-state index in [0.29, 0.717) is 23.2 Å². The molecule has 2 saturated heterocycles. The Hall–Kier alpha value is -2.14. The number of nitrogens with one attached hydrogen (secondary N) is 1. The number of anilines is 2. The number of carbonyl (C=O) groups is 2. The maximum Gasteiger partial charge on any atom is 0.338 e. The second kappa shape index (κ2) is 15.7. The van der Waals surface area contributed by atoms with Crippen LogP contribution in [0, 0.1) is 13.8 Å². The highest BCUT2D eigenvalue weighted by atomic mass is 79.9. The molecule has 0 amide bonds. The topological polar surface area (TPSA) is 86.3 Å². The van der Waals surface area contributed by atoms with Crippen LogP contribution in [-0.4, -0.2) is 71.2 Å². The summed E-state index contributed by atoms with van der Waals surface area (Å²) in [5.74, 6) is -0.605. The molecular formula is C30H40Br2N2O6. The lowest BCUT2D eigenvalue weighted by atomic mass is 10.0. The molecule has 2 aliphatic heterocycles. The van der Waals surface area contributed by atoms with E-state index in [1.165, 1.54) is 14.2 Å². The summed E-state index contributed by atoms with van der Waals surface area (Å²) in [5, 5.41) is 3.49. The number of benzene rings is 2. The second-order valence-corrected chi connectivity index (χ2v) is 11.7. The first kappa shape index (κ1) is 32.4. The van der Waals surface area contributed by atoms with Crippen molar-refractivity contribution in [3.8, 4) is 0 Å². The molecule has 0 aliphatic carbocycles. The third kappa shape index (κ3) is 8.44. The van der Waals surface area contributed by atoms with E-state index in [0.717, 1.165) is 90.1 Å². The Balaban J connectivity index is 0.000000222. The molecule has 2 aromatic carbocycles. The van der Waals surface area contributed by atoms with Gasteiger partial charge in [0.25, 0.3) is 0 Å². The first-order valence-electron chi connectivity index (χ1n) is 13.7. The number of halogens is 2. The van der Waals surface area contributed by atoms with Crippen molar-refractivity contribution in [3.63, 3.8) is 0 Å². The van der Waals surface area contributed by atoms with Crippen LogP contribution in [0.5, 0.6) is 0 Å². The molecule has 0 saturated carbocycles. The van der Waals surface area contributed by atoms with Gasteiger partial charge in [-0.2, -0.15) is 0 Å². The predicted molar refractivity (Wildman–Crippen MR) is 165 cm³/mol. The van der Waals surface area contributed by atoms with E-state index in [1.54, 1.807) is 6.07 Å². The highest BCUT2D eigenvalue weighted by Crippen LogP contribution is 2.32. The number of ether oxygens (including phenoxy) is 4. The quantitative estimate of drug-likeness (QED) is 0.324. The fourth-order valence-electron chi connectivity index (χ4n) is 5.12. The van der Waals surface area contributed by atoms with E-state index in [1.807, 2.05) is 26.0 Å². The van der Waals surface area contributed by atoms with Crippen LogP contribution in [-0.2, 0) is 18.9 Å². The lowest BCUT2D eigenvalue weighted by Crippen LogP contribution is -2.40. The standard InChI is InChI=1S/C16H22BrNO3.C14H18BrNO3/c1-4-18(13-5-7-21-8-6-13)15-10-12(17)9-14(11(15)2)16(19)20-3;1-9-12(14(17)18-2)7-10(15)8-13(9)16-11-3-5-19-6-4-11/h9-10,13H,4-8H2,1-3H3;7-8,11,16H,3-6H2,1-2H3. The number of esters is 2. The summed E-state index contributed by atoms with van der Waals surface area (Å²) in [4.78, 5) is 26.1. The number of hydrogen-bond donors (Lipinski definition) is 1. The minimum Gasteiger partial charge on any atom is -0.465 e. The Morgan fingerprint density at radius 1 is 0.850 bits per heavy atom. The number of nitrogens with zero attached hydrogens (tertiary/aromatic N) is 1. The van der Waals surface area contributed by atoms with Gasteiger partial charge in [-0.15, -0.1) is 0 Å². The monoisotopic (exact) mass is 682 g/mol.